The highest BCUT2D eigenvalue weighted by atomic mass is 35.5. The Morgan fingerprint density at radius 2 is 1.64 bits per heavy atom. The van der Waals surface area contributed by atoms with Crippen LogP contribution in [0.1, 0.15) is 43.4 Å². The summed E-state index contributed by atoms with van der Waals surface area (Å²) in [5, 5.41) is 0. The molecule has 0 aromatic heterocycles. The standard InChI is InChI=1S/C20H23N.ClH/c1-15-14-20(13-12-16(2)21,17-8-4-3-5-9-17)19-11-7-6-10-18(15)19;/h3-11,14,16H,12-13,21H2,1-2H3;1H. The number of rotatable bonds is 4. The number of halogens is 1. The van der Waals surface area contributed by atoms with Gasteiger partial charge < -0.3 is 5.73 Å². The van der Waals surface area contributed by atoms with E-state index in [1.165, 1.54) is 22.3 Å². The van der Waals surface area contributed by atoms with Gasteiger partial charge in [0.2, 0.25) is 0 Å². The predicted octanol–water partition coefficient (Wildman–Crippen LogP) is 4.94. The Labute approximate surface area is 139 Å². The third-order valence-corrected chi connectivity index (χ3v) is 4.58. The summed E-state index contributed by atoms with van der Waals surface area (Å²) in [6.07, 6.45) is 4.52. The van der Waals surface area contributed by atoms with Gasteiger partial charge in [0.05, 0.1) is 0 Å². The maximum absolute atomic E-state index is 6.04. The third-order valence-electron chi connectivity index (χ3n) is 4.58. The van der Waals surface area contributed by atoms with Gasteiger partial charge in [-0.3, -0.25) is 0 Å². The summed E-state index contributed by atoms with van der Waals surface area (Å²) in [7, 11) is 0. The fraction of sp³-hybridized carbons (Fsp3) is 0.300. The minimum atomic E-state index is -0.0183. The Balaban J connectivity index is 0.00000176. The molecule has 1 aliphatic carbocycles. The second-order valence-electron chi connectivity index (χ2n) is 6.23. The fourth-order valence-electron chi connectivity index (χ4n) is 3.52. The van der Waals surface area contributed by atoms with Crippen LogP contribution >= 0.6 is 12.4 Å². The van der Waals surface area contributed by atoms with Gasteiger partial charge in [-0.05, 0) is 49.0 Å². The maximum Gasteiger partial charge on any atom is 0.0394 e. The number of hydrogen-bond acceptors (Lipinski definition) is 1. The lowest BCUT2D eigenvalue weighted by molar-refractivity contribution is 0.515. The molecule has 0 amide bonds. The Hall–Kier alpha value is -1.57. The second kappa shape index (κ2) is 6.68. The first-order chi connectivity index (χ1) is 10.1. The van der Waals surface area contributed by atoms with Gasteiger partial charge in [-0.25, -0.2) is 0 Å². The first kappa shape index (κ1) is 16.8. The number of fused-ring (bicyclic) bond motifs is 1. The van der Waals surface area contributed by atoms with E-state index in [-0.39, 0.29) is 23.9 Å². The van der Waals surface area contributed by atoms with Gasteiger partial charge in [-0.1, -0.05) is 60.7 Å². The number of benzene rings is 2. The predicted molar refractivity (Wildman–Crippen MR) is 97.4 cm³/mol. The Kier molecular flexibility index (Phi) is 5.10. The summed E-state index contributed by atoms with van der Waals surface area (Å²) in [5.41, 5.74) is 11.6. The Morgan fingerprint density at radius 3 is 2.32 bits per heavy atom. The van der Waals surface area contributed by atoms with Crippen LogP contribution in [0.4, 0.5) is 0 Å². The lowest BCUT2D eigenvalue weighted by atomic mass is 9.72. The van der Waals surface area contributed by atoms with E-state index in [0.29, 0.717) is 0 Å². The van der Waals surface area contributed by atoms with Crippen molar-refractivity contribution in [3.63, 3.8) is 0 Å². The van der Waals surface area contributed by atoms with Crippen LogP contribution in [0.15, 0.2) is 60.7 Å². The Morgan fingerprint density at radius 1 is 1.00 bits per heavy atom. The number of allylic oxidation sites excluding steroid dienone is 2. The van der Waals surface area contributed by atoms with Crippen LogP contribution in [0.3, 0.4) is 0 Å². The maximum atomic E-state index is 6.04. The molecule has 0 saturated carbocycles. The lowest BCUT2D eigenvalue weighted by Crippen LogP contribution is -2.27. The van der Waals surface area contributed by atoms with Crippen molar-refractivity contribution in [2.24, 2.45) is 5.73 Å². The quantitative estimate of drug-likeness (QED) is 0.850. The molecule has 0 heterocycles. The first-order valence-electron chi connectivity index (χ1n) is 7.74. The molecule has 2 atom stereocenters. The van der Waals surface area contributed by atoms with E-state index in [1.54, 1.807) is 0 Å². The van der Waals surface area contributed by atoms with Crippen molar-refractivity contribution in [1.82, 2.24) is 0 Å². The molecule has 1 aliphatic rings. The average molecular weight is 314 g/mol. The molecule has 22 heavy (non-hydrogen) atoms. The van der Waals surface area contributed by atoms with Crippen LogP contribution in [0, 0.1) is 0 Å². The van der Waals surface area contributed by atoms with E-state index in [4.69, 9.17) is 5.73 Å². The van der Waals surface area contributed by atoms with Gasteiger partial charge in [-0.2, -0.15) is 0 Å². The summed E-state index contributed by atoms with van der Waals surface area (Å²) < 4.78 is 0. The minimum absolute atomic E-state index is 0. The van der Waals surface area contributed by atoms with Gasteiger partial charge in [0.1, 0.15) is 0 Å². The zero-order valence-electron chi connectivity index (χ0n) is 13.3. The van der Waals surface area contributed by atoms with E-state index < -0.39 is 0 Å². The van der Waals surface area contributed by atoms with E-state index >= 15 is 0 Å². The van der Waals surface area contributed by atoms with E-state index in [9.17, 15) is 0 Å². The van der Waals surface area contributed by atoms with Gasteiger partial charge in [0.25, 0.3) is 0 Å². The van der Waals surface area contributed by atoms with E-state index in [2.05, 4.69) is 74.5 Å². The van der Waals surface area contributed by atoms with Crippen molar-refractivity contribution in [2.45, 2.75) is 38.1 Å². The molecule has 2 heteroatoms. The molecule has 0 bridgehead atoms. The molecule has 0 spiro atoms. The summed E-state index contributed by atoms with van der Waals surface area (Å²) in [6, 6.07) is 19.8. The minimum Gasteiger partial charge on any atom is -0.328 e. The third kappa shape index (κ3) is 2.84. The second-order valence-corrected chi connectivity index (χ2v) is 6.23. The van der Waals surface area contributed by atoms with E-state index in [1.807, 2.05) is 0 Å². The first-order valence-corrected chi connectivity index (χ1v) is 7.74. The zero-order chi connectivity index (χ0) is 14.9. The molecule has 1 nitrogen and oxygen atoms in total. The molecule has 0 aliphatic heterocycles. The average Bonchev–Trinajstić information content (AvgIpc) is 2.80. The van der Waals surface area contributed by atoms with Crippen molar-refractivity contribution in [3.05, 3.63) is 77.4 Å². The highest BCUT2D eigenvalue weighted by molar-refractivity contribution is 5.85. The monoisotopic (exact) mass is 313 g/mol. The van der Waals surface area contributed by atoms with E-state index in [0.717, 1.165) is 12.8 Å². The van der Waals surface area contributed by atoms with Crippen molar-refractivity contribution in [1.29, 1.82) is 0 Å². The molecular formula is C20H24ClN. The van der Waals surface area contributed by atoms with Gasteiger partial charge >= 0.3 is 0 Å². The lowest BCUT2D eigenvalue weighted by Gasteiger charge is -2.31. The highest BCUT2D eigenvalue weighted by Crippen LogP contribution is 2.47. The number of nitrogens with two attached hydrogens (primary N) is 1. The summed E-state index contributed by atoms with van der Waals surface area (Å²) >= 11 is 0. The molecular weight excluding hydrogens is 290 g/mol. The van der Waals surface area contributed by atoms with Crippen LogP contribution in [0.25, 0.3) is 5.57 Å². The smallest absolute Gasteiger partial charge is 0.0394 e. The molecule has 0 radical (unpaired) electrons. The molecule has 2 aromatic carbocycles. The fourth-order valence-corrected chi connectivity index (χ4v) is 3.52. The zero-order valence-corrected chi connectivity index (χ0v) is 14.1. The van der Waals surface area contributed by atoms with Gasteiger partial charge in [0, 0.05) is 11.5 Å². The van der Waals surface area contributed by atoms with Crippen molar-refractivity contribution >= 4 is 18.0 Å². The van der Waals surface area contributed by atoms with Crippen LogP contribution in [0.2, 0.25) is 0 Å². The SMILES string of the molecule is CC1=CC(CCC(C)N)(c2ccccc2)c2ccccc21.Cl. The van der Waals surface area contributed by atoms with Crippen LogP contribution in [-0.2, 0) is 5.41 Å². The molecule has 2 unspecified atom stereocenters. The van der Waals surface area contributed by atoms with Gasteiger partial charge in [-0.15, -0.1) is 12.4 Å². The number of hydrogen-bond donors (Lipinski definition) is 1. The molecule has 116 valence electrons. The van der Waals surface area contributed by atoms with Crippen molar-refractivity contribution in [3.8, 4) is 0 Å². The molecule has 3 rings (SSSR count). The molecule has 2 aromatic rings. The largest absolute Gasteiger partial charge is 0.328 e. The van der Waals surface area contributed by atoms with Crippen molar-refractivity contribution in [2.75, 3.05) is 0 Å². The summed E-state index contributed by atoms with van der Waals surface area (Å²) in [4.78, 5) is 0. The van der Waals surface area contributed by atoms with Crippen LogP contribution < -0.4 is 5.73 Å². The molecule has 0 fully saturated rings. The highest BCUT2D eigenvalue weighted by Gasteiger charge is 2.37. The van der Waals surface area contributed by atoms with Crippen LogP contribution in [-0.4, -0.2) is 6.04 Å². The van der Waals surface area contributed by atoms with Crippen molar-refractivity contribution < 1.29 is 0 Å². The van der Waals surface area contributed by atoms with Gasteiger partial charge in [0.15, 0.2) is 0 Å². The molecule has 2 N–H and O–H groups in total. The topological polar surface area (TPSA) is 26.0 Å². The summed E-state index contributed by atoms with van der Waals surface area (Å²) in [5.74, 6) is 0. The summed E-state index contributed by atoms with van der Waals surface area (Å²) in [6.45, 7) is 4.31. The molecule has 0 saturated heterocycles. The normalized spacial score (nSPS) is 20.8. The van der Waals surface area contributed by atoms with Crippen LogP contribution in [0.5, 0.6) is 0 Å². The Bertz CT molecular complexity index is 660.